The molecule has 0 aromatic heterocycles. The lowest BCUT2D eigenvalue weighted by atomic mass is 9.87. The van der Waals surface area contributed by atoms with E-state index in [1.54, 1.807) is 12.3 Å². The minimum absolute atomic E-state index is 0.0578. The zero-order valence-corrected chi connectivity index (χ0v) is 13.2. The van der Waals surface area contributed by atoms with Crippen molar-refractivity contribution in [1.29, 1.82) is 0 Å². The van der Waals surface area contributed by atoms with E-state index in [-0.39, 0.29) is 12.2 Å². The van der Waals surface area contributed by atoms with Crippen molar-refractivity contribution < 1.29 is 18.9 Å². The van der Waals surface area contributed by atoms with Gasteiger partial charge in [0.25, 0.3) is 0 Å². The lowest BCUT2D eigenvalue weighted by Gasteiger charge is -2.18. The molecule has 22 heavy (non-hydrogen) atoms. The van der Waals surface area contributed by atoms with Crippen molar-refractivity contribution in [2.75, 3.05) is 12.0 Å². The number of fused-ring (bicyclic) bond motifs is 1. The second-order valence-electron chi connectivity index (χ2n) is 5.28. The van der Waals surface area contributed by atoms with Crippen LogP contribution >= 0.6 is 0 Å². The summed E-state index contributed by atoms with van der Waals surface area (Å²) in [6.07, 6.45) is 4.67. The number of rotatable bonds is 6. The van der Waals surface area contributed by atoms with Crippen LogP contribution in [0.5, 0.6) is 0 Å². The van der Waals surface area contributed by atoms with Crippen LogP contribution in [0.25, 0.3) is 0 Å². The van der Waals surface area contributed by atoms with Gasteiger partial charge in [0.2, 0.25) is 0 Å². The number of aliphatic carboxylic acids is 1. The van der Waals surface area contributed by atoms with E-state index in [1.807, 2.05) is 18.2 Å². The van der Waals surface area contributed by atoms with Crippen molar-refractivity contribution in [3.63, 3.8) is 0 Å². The molecule has 2 unspecified atom stereocenters. The van der Waals surface area contributed by atoms with Crippen LogP contribution in [0.4, 0.5) is 0 Å². The molecule has 1 aromatic carbocycles. The molecule has 2 atom stereocenters. The fourth-order valence-electron chi connectivity index (χ4n) is 2.42. The Bertz CT molecular complexity index is 639. The van der Waals surface area contributed by atoms with E-state index in [2.05, 4.69) is 5.32 Å². The summed E-state index contributed by atoms with van der Waals surface area (Å²) in [6.45, 7) is 0. The van der Waals surface area contributed by atoms with Gasteiger partial charge in [0, 0.05) is 40.1 Å². The molecule has 1 aromatic rings. The van der Waals surface area contributed by atoms with Gasteiger partial charge in [-0.2, -0.15) is 0 Å². The standard InChI is InChI=1S/C16H19NO4S/c1-22(21)9-8-14(16(19)20)17-10-12-7-6-11-4-2-3-5-13(11)15(12)18/h2-5,10,14,17H,6-9H2,1H3,(H,19,20)/b12-10-. The molecule has 6 heteroatoms. The molecule has 0 saturated heterocycles. The third-order valence-corrected chi connectivity index (χ3v) is 4.48. The van der Waals surface area contributed by atoms with E-state index in [1.165, 1.54) is 6.20 Å². The van der Waals surface area contributed by atoms with E-state index >= 15 is 0 Å². The molecule has 0 saturated carbocycles. The van der Waals surface area contributed by atoms with E-state index in [0.717, 1.165) is 12.0 Å². The number of Topliss-reactive ketones (excluding diaryl/α,β-unsaturated/α-hetero) is 1. The molecule has 5 nitrogen and oxygen atoms in total. The quantitative estimate of drug-likeness (QED) is 0.776. The fraction of sp³-hybridized carbons (Fsp3) is 0.375. The van der Waals surface area contributed by atoms with E-state index in [4.69, 9.17) is 5.11 Å². The summed E-state index contributed by atoms with van der Waals surface area (Å²) in [5, 5.41) is 12.0. The summed E-state index contributed by atoms with van der Waals surface area (Å²) in [6, 6.07) is 6.63. The van der Waals surface area contributed by atoms with Gasteiger partial charge in [-0.3, -0.25) is 9.00 Å². The number of hydrogen-bond acceptors (Lipinski definition) is 4. The van der Waals surface area contributed by atoms with Crippen LogP contribution in [-0.2, 0) is 22.0 Å². The third kappa shape index (κ3) is 4.04. The lowest BCUT2D eigenvalue weighted by molar-refractivity contribution is -0.139. The number of carbonyl (C=O) groups is 2. The Hall–Kier alpha value is -1.95. The van der Waals surface area contributed by atoms with E-state index in [9.17, 15) is 13.8 Å². The summed E-state index contributed by atoms with van der Waals surface area (Å²) in [5.74, 6) is -0.757. The van der Waals surface area contributed by atoms with Crippen molar-refractivity contribution in [1.82, 2.24) is 5.32 Å². The molecule has 2 rings (SSSR count). The normalized spacial score (nSPS) is 18.6. The van der Waals surface area contributed by atoms with Gasteiger partial charge in [0.15, 0.2) is 5.78 Å². The Morgan fingerprint density at radius 3 is 2.82 bits per heavy atom. The summed E-state index contributed by atoms with van der Waals surface area (Å²) in [7, 11) is -1.04. The molecular formula is C16H19NO4S. The van der Waals surface area contributed by atoms with Crippen LogP contribution in [-0.4, -0.2) is 39.1 Å². The number of benzene rings is 1. The molecule has 0 radical (unpaired) electrons. The first-order chi connectivity index (χ1) is 10.5. The van der Waals surface area contributed by atoms with Gasteiger partial charge in [-0.05, 0) is 24.8 Å². The average molecular weight is 321 g/mol. The molecule has 1 aliphatic carbocycles. The molecule has 0 spiro atoms. The highest BCUT2D eigenvalue weighted by atomic mass is 32.2. The van der Waals surface area contributed by atoms with Crippen molar-refractivity contribution >= 4 is 22.6 Å². The van der Waals surface area contributed by atoms with Crippen LogP contribution in [0.3, 0.4) is 0 Å². The topological polar surface area (TPSA) is 83.5 Å². The number of allylic oxidation sites excluding steroid dienone is 1. The smallest absolute Gasteiger partial charge is 0.326 e. The Balaban J connectivity index is 2.08. The lowest BCUT2D eigenvalue weighted by Crippen LogP contribution is -2.35. The van der Waals surface area contributed by atoms with Gasteiger partial charge >= 0.3 is 5.97 Å². The highest BCUT2D eigenvalue weighted by Crippen LogP contribution is 2.24. The Morgan fingerprint density at radius 1 is 1.41 bits per heavy atom. The van der Waals surface area contributed by atoms with Crippen molar-refractivity contribution in [3.8, 4) is 0 Å². The monoisotopic (exact) mass is 321 g/mol. The number of aryl methyl sites for hydroxylation is 1. The summed E-state index contributed by atoms with van der Waals surface area (Å²) in [4.78, 5) is 23.5. The van der Waals surface area contributed by atoms with E-state index < -0.39 is 22.8 Å². The summed E-state index contributed by atoms with van der Waals surface area (Å²) < 4.78 is 11.1. The third-order valence-electron chi connectivity index (χ3n) is 3.67. The van der Waals surface area contributed by atoms with Gasteiger partial charge in [0.05, 0.1) is 0 Å². The number of hydrogen-bond donors (Lipinski definition) is 2. The average Bonchev–Trinajstić information content (AvgIpc) is 2.48. The number of nitrogens with one attached hydrogen (secondary N) is 1. The number of carboxylic acid groups (broad SMARTS) is 1. The van der Waals surface area contributed by atoms with Crippen LogP contribution < -0.4 is 5.32 Å². The van der Waals surface area contributed by atoms with Gasteiger partial charge < -0.3 is 10.4 Å². The zero-order chi connectivity index (χ0) is 16.1. The van der Waals surface area contributed by atoms with Crippen LogP contribution in [0.2, 0.25) is 0 Å². The highest BCUT2D eigenvalue weighted by Gasteiger charge is 2.22. The maximum Gasteiger partial charge on any atom is 0.326 e. The van der Waals surface area contributed by atoms with Crippen molar-refractivity contribution in [3.05, 3.63) is 47.2 Å². The number of carbonyl (C=O) groups excluding carboxylic acids is 1. The molecule has 0 bridgehead atoms. The van der Waals surface area contributed by atoms with Crippen molar-refractivity contribution in [2.45, 2.75) is 25.3 Å². The Kier molecular flexibility index (Phi) is 5.49. The molecule has 2 N–H and O–H groups in total. The highest BCUT2D eigenvalue weighted by molar-refractivity contribution is 7.84. The second-order valence-corrected chi connectivity index (χ2v) is 6.83. The van der Waals surface area contributed by atoms with Crippen LogP contribution in [0.15, 0.2) is 36.0 Å². The zero-order valence-electron chi connectivity index (χ0n) is 12.4. The van der Waals surface area contributed by atoms with Gasteiger partial charge in [-0.1, -0.05) is 24.3 Å². The molecule has 0 fully saturated rings. The minimum Gasteiger partial charge on any atom is -0.480 e. The predicted molar refractivity (Wildman–Crippen MR) is 85.3 cm³/mol. The summed E-state index contributed by atoms with van der Waals surface area (Å²) in [5.41, 5.74) is 2.30. The molecule has 0 amide bonds. The van der Waals surface area contributed by atoms with Gasteiger partial charge in [-0.15, -0.1) is 0 Å². The number of carboxylic acids is 1. The summed E-state index contributed by atoms with van der Waals surface area (Å²) >= 11 is 0. The molecular weight excluding hydrogens is 302 g/mol. The van der Waals surface area contributed by atoms with Crippen LogP contribution in [0.1, 0.15) is 28.8 Å². The molecule has 1 aliphatic rings. The predicted octanol–water partition coefficient (Wildman–Crippen LogP) is 1.51. The number of ketones is 1. The maximum absolute atomic E-state index is 12.4. The van der Waals surface area contributed by atoms with Crippen LogP contribution in [0, 0.1) is 0 Å². The Morgan fingerprint density at radius 2 is 2.14 bits per heavy atom. The maximum atomic E-state index is 12.4. The van der Waals surface area contributed by atoms with Crippen molar-refractivity contribution in [2.24, 2.45) is 0 Å². The fourth-order valence-corrected chi connectivity index (χ4v) is 2.98. The largest absolute Gasteiger partial charge is 0.480 e. The van der Waals surface area contributed by atoms with E-state index in [0.29, 0.717) is 23.3 Å². The second kappa shape index (κ2) is 7.35. The Labute approximate surface area is 131 Å². The van der Waals surface area contributed by atoms with Gasteiger partial charge in [0.1, 0.15) is 6.04 Å². The molecule has 118 valence electrons. The first kappa shape index (κ1) is 16.4. The molecule has 0 aliphatic heterocycles. The first-order valence-electron chi connectivity index (χ1n) is 7.09. The minimum atomic E-state index is -1.04. The molecule has 0 heterocycles. The SMILES string of the molecule is CS(=O)CCC(N/C=C1/CCc2ccccc2C1=O)C(=O)O. The van der Waals surface area contributed by atoms with Gasteiger partial charge in [-0.25, -0.2) is 4.79 Å². The first-order valence-corrected chi connectivity index (χ1v) is 8.82.